The van der Waals surface area contributed by atoms with Gasteiger partial charge in [0.1, 0.15) is 23.0 Å². The van der Waals surface area contributed by atoms with Crippen LogP contribution in [0.5, 0.6) is 23.0 Å². The lowest BCUT2D eigenvalue weighted by molar-refractivity contribution is 0.387. The fraction of sp³-hybridized carbons (Fsp3) is 0.200. The first-order valence-electron chi connectivity index (χ1n) is 11.6. The maximum absolute atomic E-state index is 10.0. The highest BCUT2D eigenvalue weighted by Gasteiger charge is 2.25. The van der Waals surface area contributed by atoms with Gasteiger partial charge in [-0.3, -0.25) is 0 Å². The Labute approximate surface area is 200 Å². The van der Waals surface area contributed by atoms with Gasteiger partial charge in [0.15, 0.2) is 0 Å². The minimum atomic E-state index is 0.127. The van der Waals surface area contributed by atoms with Crippen molar-refractivity contribution in [2.45, 2.75) is 31.6 Å². The van der Waals surface area contributed by atoms with Gasteiger partial charge >= 0.3 is 0 Å². The standard InChI is InChI=1S/C30H30O4/c31-26-13-8-21(9-14-26)7-10-25(17-22-3-1-5-28(33)18-22)30(24-11-15-27(32)16-12-24)20-23-4-2-6-29(34)19-23/h1-6,8-9,11-16,18-19,25,30-34H,7,10,17,20H2/t25-,30+/m0/s1. The first-order valence-corrected chi connectivity index (χ1v) is 11.6. The van der Waals surface area contributed by atoms with Gasteiger partial charge in [0.05, 0.1) is 0 Å². The van der Waals surface area contributed by atoms with Crippen LogP contribution < -0.4 is 0 Å². The van der Waals surface area contributed by atoms with Crippen molar-refractivity contribution in [2.24, 2.45) is 5.92 Å². The molecule has 4 aromatic rings. The van der Waals surface area contributed by atoms with E-state index in [0.717, 1.165) is 47.9 Å². The van der Waals surface area contributed by atoms with Crippen molar-refractivity contribution in [1.29, 1.82) is 0 Å². The van der Waals surface area contributed by atoms with Crippen LogP contribution in [0.2, 0.25) is 0 Å². The SMILES string of the molecule is Oc1ccc(CC[C@@H](Cc2cccc(O)c2)[C@H](Cc2cccc(O)c2)c2ccc(O)cc2)cc1. The van der Waals surface area contributed by atoms with Gasteiger partial charge in [0, 0.05) is 0 Å². The molecule has 2 atom stereocenters. The Bertz CT molecular complexity index is 1200. The summed E-state index contributed by atoms with van der Waals surface area (Å²) in [6.45, 7) is 0. The van der Waals surface area contributed by atoms with Crippen LogP contribution in [0.4, 0.5) is 0 Å². The zero-order valence-corrected chi connectivity index (χ0v) is 19.0. The molecule has 0 spiro atoms. The van der Waals surface area contributed by atoms with Crippen molar-refractivity contribution in [3.05, 3.63) is 119 Å². The highest BCUT2D eigenvalue weighted by atomic mass is 16.3. The Balaban J connectivity index is 1.68. The lowest BCUT2D eigenvalue weighted by Gasteiger charge is -2.29. The Morgan fingerprint density at radius 2 is 1.03 bits per heavy atom. The molecular formula is C30H30O4. The number of phenolic OH excluding ortho intramolecular Hbond substituents is 4. The van der Waals surface area contributed by atoms with Gasteiger partial charge in [0.2, 0.25) is 0 Å². The molecule has 0 aliphatic heterocycles. The summed E-state index contributed by atoms with van der Waals surface area (Å²) < 4.78 is 0. The van der Waals surface area contributed by atoms with Gasteiger partial charge < -0.3 is 20.4 Å². The van der Waals surface area contributed by atoms with Crippen LogP contribution in [0.15, 0.2) is 97.1 Å². The largest absolute Gasteiger partial charge is 0.508 e. The van der Waals surface area contributed by atoms with Crippen molar-refractivity contribution in [3.63, 3.8) is 0 Å². The van der Waals surface area contributed by atoms with E-state index in [2.05, 4.69) is 0 Å². The van der Waals surface area contributed by atoms with E-state index in [1.165, 1.54) is 0 Å². The number of aryl methyl sites for hydroxylation is 1. The molecule has 34 heavy (non-hydrogen) atoms. The fourth-order valence-corrected chi connectivity index (χ4v) is 4.66. The predicted molar refractivity (Wildman–Crippen MR) is 134 cm³/mol. The molecular weight excluding hydrogens is 424 g/mol. The van der Waals surface area contributed by atoms with E-state index in [1.54, 1.807) is 42.5 Å². The van der Waals surface area contributed by atoms with Crippen LogP contribution in [-0.2, 0) is 19.3 Å². The third-order valence-electron chi connectivity index (χ3n) is 6.41. The number of rotatable bonds is 9. The van der Waals surface area contributed by atoms with Crippen LogP contribution in [0.3, 0.4) is 0 Å². The maximum atomic E-state index is 10.0. The zero-order chi connectivity index (χ0) is 23.9. The molecule has 174 valence electrons. The van der Waals surface area contributed by atoms with E-state index >= 15 is 0 Å². The summed E-state index contributed by atoms with van der Waals surface area (Å²) in [7, 11) is 0. The lowest BCUT2D eigenvalue weighted by atomic mass is 9.76. The number of aromatic hydroxyl groups is 4. The molecule has 4 aromatic carbocycles. The Morgan fingerprint density at radius 1 is 0.500 bits per heavy atom. The average molecular weight is 455 g/mol. The van der Waals surface area contributed by atoms with E-state index in [-0.39, 0.29) is 34.8 Å². The smallest absolute Gasteiger partial charge is 0.115 e. The molecule has 4 rings (SSSR count). The molecule has 0 saturated carbocycles. The average Bonchev–Trinajstić information content (AvgIpc) is 2.82. The Kier molecular flexibility index (Phi) is 7.38. The molecule has 0 amide bonds. The van der Waals surface area contributed by atoms with Crippen molar-refractivity contribution in [3.8, 4) is 23.0 Å². The topological polar surface area (TPSA) is 80.9 Å². The second-order valence-electron chi connectivity index (χ2n) is 8.91. The zero-order valence-electron chi connectivity index (χ0n) is 19.0. The molecule has 0 radical (unpaired) electrons. The van der Waals surface area contributed by atoms with Gasteiger partial charge in [-0.15, -0.1) is 0 Å². The molecule has 0 saturated heterocycles. The molecule has 0 aliphatic rings. The van der Waals surface area contributed by atoms with Gasteiger partial charge in [-0.25, -0.2) is 0 Å². The van der Waals surface area contributed by atoms with Gasteiger partial charge in [-0.2, -0.15) is 0 Å². The summed E-state index contributed by atoms with van der Waals surface area (Å²) in [5, 5.41) is 39.6. The van der Waals surface area contributed by atoms with E-state index in [9.17, 15) is 20.4 Å². The monoisotopic (exact) mass is 454 g/mol. The van der Waals surface area contributed by atoms with Crippen LogP contribution >= 0.6 is 0 Å². The quantitative estimate of drug-likeness (QED) is 0.238. The minimum absolute atomic E-state index is 0.127. The van der Waals surface area contributed by atoms with Crippen LogP contribution in [0.25, 0.3) is 0 Å². The molecule has 0 fully saturated rings. The highest BCUT2D eigenvalue weighted by molar-refractivity contribution is 5.34. The number of phenols is 4. The second-order valence-corrected chi connectivity index (χ2v) is 8.91. The summed E-state index contributed by atoms with van der Waals surface area (Å²) in [5.41, 5.74) is 4.39. The van der Waals surface area contributed by atoms with Crippen LogP contribution in [-0.4, -0.2) is 20.4 Å². The molecule has 4 N–H and O–H groups in total. The second kappa shape index (κ2) is 10.8. The number of hydrogen-bond donors (Lipinski definition) is 4. The minimum Gasteiger partial charge on any atom is -0.508 e. The summed E-state index contributed by atoms with van der Waals surface area (Å²) in [6.07, 6.45) is 3.25. The molecule has 0 unspecified atom stereocenters. The molecule has 0 aromatic heterocycles. The molecule has 0 bridgehead atoms. The first-order chi connectivity index (χ1) is 16.5. The number of benzene rings is 4. The predicted octanol–water partition coefficient (Wildman–Crippen LogP) is 6.33. The van der Waals surface area contributed by atoms with Crippen molar-refractivity contribution in [2.75, 3.05) is 0 Å². The fourth-order valence-electron chi connectivity index (χ4n) is 4.66. The summed E-state index contributed by atoms with van der Waals surface area (Å²) in [6, 6.07) is 29.5. The summed E-state index contributed by atoms with van der Waals surface area (Å²) >= 11 is 0. The van der Waals surface area contributed by atoms with Crippen molar-refractivity contribution < 1.29 is 20.4 Å². The van der Waals surface area contributed by atoms with E-state index in [0.29, 0.717) is 0 Å². The van der Waals surface area contributed by atoms with Crippen LogP contribution in [0.1, 0.15) is 34.6 Å². The van der Waals surface area contributed by atoms with E-state index in [4.69, 9.17) is 0 Å². The maximum Gasteiger partial charge on any atom is 0.115 e. The molecule has 4 heteroatoms. The van der Waals surface area contributed by atoms with Gasteiger partial charge in [0.25, 0.3) is 0 Å². The van der Waals surface area contributed by atoms with Crippen molar-refractivity contribution in [1.82, 2.24) is 0 Å². The normalized spacial score (nSPS) is 12.8. The van der Waals surface area contributed by atoms with E-state index in [1.807, 2.05) is 54.6 Å². The Hall–Kier alpha value is -3.92. The number of hydrogen-bond acceptors (Lipinski definition) is 4. The lowest BCUT2D eigenvalue weighted by Crippen LogP contribution is -2.19. The first kappa shape index (κ1) is 23.2. The third-order valence-corrected chi connectivity index (χ3v) is 6.41. The van der Waals surface area contributed by atoms with Gasteiger partial charge in [-0.05, 0) is 108 Å². The van der Waals surface area contributed by atoms with Crippen LogP contribution in [0, 0.1) is 5.92 Å². The van der Waals surface area contributed by atoms with Crippen molar-refractivity contribution >= 4 is 0 Å². The summed E-state index contributed by atoms with van der Waals surface area (Å²) in [5.74, 6) is 1.34. The van der Waals surface area contributed by atoms with E-state index < -0.39 is 0 Å². The summed E-state index contributed by atoms with van der Waals surface area (Å²) in [4.78, 5) is 0. The van der Waals surface area contributed by atoms with Gasteiger partial charge in [-0.1, -0.05) is 48.5 Å². The highest BCUT2D eigenvalue weighted by Crippen LogP contribution is 2.36. The molecule has 0 heterocycles. The molecule has 4 nitrogen and oxygen atoms in total. The Morgan fingerprint density at radius 3 is 1.59 bits per heavy atom. The third kappa shape index (κ3) is 6.32. The molecule has 0 aliphatic carbocycles.